The lowest BCUT2D eigenvalue weighted by molar-refractivity contribution is 0.122. The lowest BCUT2D eigenvalue weighted by Gasteiger charge is -2.29. The van der Waals surface area contributed by atoms with Crippen molar-refractivity contribution < 1.29 is 4.74 Å². The normalized spacial score (nSPS) is 18.5. The molecule has 0 bridgehead atoms. The molecule has 0 amide bonds. The molecule has 17 heavy (non-hydrogen) atoms. The lowest BCUT2D eigenvalue weighted by Crippen LogP contribution is -2.36. The molecule has 1 fully saturated rings. The van der Waals surface area contributed by atoms with Crippen molar-refractivity contribution in [1.29, 1.82) is 0 Å². The summed E-state index contributed by atoms with van der Waals surface area (Å²) in [6.45, 7) is 10.6. The van der Waals surface area contributed by atoms with Crippen LogP contribution in [-0.4, -0.2) is 26.3 Å². The number of morpholine rings is 1. The molecular formula is C15H23NO. The van der Waals surface area contributed by atoms with Crippen molar-refractivity contribution in [3.63, 3.8) is 0 Å². The highest BCUT2D eigenvalue weighted by Crippen LogP contribution is 2.26. The van der Waals surface area contributed by atoms with Gasteiger partial charge in [0.25, 0.3) is 0 Å². The summed E-state index contributed by atoms with van der Waals surface area (Å²) < 4.78 is 5.37. The number of nitrogens with zero attached hydrogens (tertiary/aromatic N) is 1. The molecule has 1 heterocycles. The molecule has 1 aromatic rings. The molecule has 1 aliphatic rings. The second kappa shape index (κ2) is 5.54. The Morgan fingerprint density at radius 1 is 1.00 bits per heavy atom. The quantitative estimate of drug-likeness (QED) is 0.794. The van der Waals surface area contributed by atoms with Crippen molar-refractivity contribution in [3.8, 4) is 0 Å². The largest absolute Gasteiger partial charge is 0.378 e. The maximum absolute atomic E-state index is 5.37. The van der Waals surface area contributed by atoms with Crippen molar-refractivity contribution in [1.82, 2.24) is 0 Å². The van der Waals surface area contributed by atoms with E-state index in [1.54, 1.807) is 0 Å². The second-order valence-electron chi connectivity index (χ2n) is 5.22. The Morgan fingerprint density at radius 3 is 2.12 bits per heavy atom. The molecule has 1 aliphatic heterocycles. The summed E-state index contributed by atoms with van der Waals surface area (Å²) in [5.41, 5.74) is 2.77. The first-order valence-electron chi connectivity index (χ1n) is 6.61. The van der Waals surface area contributed by atoms with E-state index in [1.165, 1.54) is 11.3 Å². The van der Waals surface area contributed by atoms with Crippen LogP contribution in [0.3, 0.4) is 0 Å². The highest BCUT2D eigenvalue weighted by atomic mass is 16.5. The van der Waals surface area contributed by atoms with Crippen LogP contribution < -0.4 is 4.90 Å². The van der Waals surface area contributed by atoms with E-state index in [2.05, 4.69) is 49.9 Å². The Bertz CT molecular complexity index is 338. The first kappa shape index (κ1) is 12.4. The van der Waals surface area contributed by atoms with Crippen molar-refractivity contribution >= 4 is 5.69 Å². The molecule has 0 N–H and O–H groups in total. The third kappa shape index (κ3) is 3.01. The maximum atomic E-state index is 5.37. The van der Waals surface area contributed by atoms with Crippen molar-refractivity contribution in [3.05, 3.63) is 29.8 Å². The Kier molecular flexibility index (Phi) is 4.06. The molecule has 2 rings (SSSR count). The summed E-state index contributed by atoms with van der Waals surface area (Å²) in [5.74, 6) is 1.33. The molecule has 0 unspecified atom stereocenters. The van der Waals surface area contributed by atoms with Crippen LogP contribution in [0.15, 0.2) is 24.3 Å². The van der Waals surface area contributed by atoms with Crippen LogP contribution >= 0.6 is 0 Å². The molecule has 0 spiro atoms. The smallest absolute Gasteiger partial charge is 0.0642 e. The van der Waals surface area contributed by atoms with Gasteiger partial charge in [0.05, 0.1) is 13.2 Å². The van der Waals surface area contributed by atoms with Crippen LogP contribution in [0.25, 0.3) is 0 Å². The van der Waals surface area contributed by atoms with E-state index in [4.69, 9.17) is 4.74 Å². The number of rotatable bonds is 3. The highest BCUT2D eigenvalue weighted by molar-refractivity contribution is 5.48. The molecule has 0 saturated carbocycles. The molecule has 0 aliphatic carbocycles. The van der Waals surface area contributed by atoms with E-state index in [1.807, 2.05) is 0 Å². The van der Waals surface area contributed by atoms with Gasteiger partial charge in [-0.1, -0.05) is 32.9 Å². The van der Waals surface area contributed by atoms with Gasteiger partial charge in [0, 0.05) is 18.8 Å². The first-order valence-corrected chi connectivity index (χ1v) is 6.61. The lowest BCUT2D eigenvalue weighted by atomic mass is 9.90. The zero-order valence-electron chi connectivity index (χ0n) is 11.1. The summed E-state index contributed by atoms with van der Waals surface area (Å²) >= 11 is 0. The van der Waals surface area contributed by atoms with Gasteiger partial charge >= 0.3 is 0 Å². The third-order valence-corrected chi connectivity index (χ3v) is 3.80. The number of hydrogen-bond acceptors (Lipinski definition) is 2. The molecule has 1 aromatic carbocycles. The minimum atomic E-state index is 0.633. The number of benzene rings is 1. The molecule has 2 nitrogen and oxygen atoms in total. The summed E-state index contributed by atoms with van der Waals surface area (Å²) in [5, 5.41) is 0. The van der Waals surface area contributed by atoms with Crippen LogP contribution in [0.1, 0.15) is 32.3 Å². The first-order chi connectivity index (χ1) is 8.18. The van der Waals surface area contributed by atoms with Crippen LogP contribution in [-0.2, 0) is 4.74 Å². The van der Waals surface area contributed by atoms with E-state index < -0.39 is 0 Å². The zero-order chi connectivity index (χ0) is 12.3. The predicted molar refractivity (Wildman–Crippen MR) is 72.7 cm³/mol. The Labute approximate surface area is 105 Å². The fourth-order valence-corrected chi connectivity index (χ4v) is 2.20. The minimum absolute atomic E-state index is 0.633. The summed E-state index contributed by atoms with van der Waals surface area (Å²) in [4.78, 5) is 2.40. The van der Waals surface area contributed by atoms with Gasteiger partial charge in [0.1, 0.15) is 0 Å². The van der Waals surface area contributed by atoms with Crippen molar-refractivity contribution in [2.75, 3.05) is 31.2 Å². The third-order valence-electron chi connectivity index (χ3n) is 3.80. The van der Waals surface area contributed by atoms with Gasteiger partial charge in [-0.15, -0.1) is 0 Å². The average Bonchev–Trinajstić information content (AvgIpc) is 2.39. The SMILES string of the molecule is CC(C)[C@H](C)c1ccc(N2CCOCC2)cc1. The second-order valence-corrected chi connectivity index (χ2v) is 5.22. The van der Waals surface area contributed by atoms with E-state index in [-0.39, 0.29) is 0 Å². The van der Waals surface area contributed by atoms with Gasteiger partial charge in [-0.05, 0) is 29.5 Å². The van der Waals surface area contributed by atoms with Gasteiger partial charge in [0.2, 0.25) is 0 Å². The van der Waals surface area contributed by atoms with Gasteiger partial charge in [-0.25, -0.2) is 0 Å². The molecular weight excluding hydrogens is 210 g/mol. The maximum Gasteiger partial charge on any atom is 0.0642 e. The van der Waals surface area contributed by atoms with Crippen LogP contribution in [0.5, 0.6) is 0 Å². The van der Waals surface area contributed by atoms with E-state index in [9.17, 15) is 0 Å². The van der Waals surface area contributed by atoms with Crippen LogP contribution in [0.4, 0.5) is 5.69 Å². The molecule has 2 heteroatoms. The Balaban J connectivity index is 2.06. The molecule has 1 saturated heterocycles. The Hall–Kier alpha value is -1.02. The van der Waals surface area contributed by atoms with E-state index >= 15 is 0 Å². The summed E-state index contributed by atoms with van der Waals surface area (Å²) in [6, 6.07) is 9.05. The molecule has 94 valence electrons. The van der Waals surface area contributed by atoms with Crippen molar-refractivity contribution in [2.24, 2.45) is 5.92 Å². The summed E-state index contributed by atoms with van der Waals surface area (Å²) in [6.07, 6.45) is 0. The topological polar surface area (TPSA) is 12.5 Å². The van der Waals surface area contributed by atoms with E-state index in [0.717, 1.165) is 26.3 Å². The fraction of sp³-hybridized carbons (Fsp3) is 0.600. The summed E-state index contributed by atoms with van der Waals surface area (Å²) in [7, 11) is 0. The predicted octanol–water partition coefficient (Wildman–Crippen LogP) is 3.28. The minimum Gasteiger partial charge on any atom is -0.378 e. The van der Waals surface area contributed by atoms with Gasteiger partial charge < -0.3 is 9.64 Å². The standard InChI is InChI=1S/C15H23NO/c1-12(2)13(3)14-4-6-15(7-5-14)16-8-10-17-11-9-16/h4-7,12-13H,8-11H2,1-3H3/t13-/m0/s1. The molecule has 0 aromatic heterocycles. The Morgan fingerprint density at radius 2 is 1.59 bits per heavy atom. The van der Waals surface area contributed by atoms with Gasteiger partial charge in [0.15, 0.2) is 0 Å². The van der Waals surface area contributed by atoms with Crippen LogP contribution in [0, 0.1) is 5.92 Å². The van der Waals surface area contributed by atoms with Gasteiger partial charge in [-0.2, -0.15) is 0 Å². The van der Waals surface area contributed by atoms with Gasteiger partial charge in [-0.3, -0.25) is 0 Å². The fourth-order valence-electron chi connectivity index (χ4n) is 2.20. The average molecular weight is 233 g/mol. The van der Waals surface area contributed by atoms with E-state index in [0.29, 0.717) is 11.8 Å². The monoisotopic (exact) mass is 233 g/mol. The molecule has 0 radical (unpaired) electrons. The molecule has 1 atom stereocenters. The highest BCUT2D eigenvalue weighted by Gasteiger charge is 2.13. The number of hydrogen-bond donors (Lipinski definition) is 0. The van der Waals surface area contributed by atoms with Crippen LogP contribution in [0.2, 0.25) is 0 Å². The zero-order valence-corrected chi connectivity index (χ0v) is 11.1. The number of anilines is 1. The van der Waals surface area contributed by atoms with Crippen molar-refractivity contribution in [2.45, 2.75) is 26.7 Å². The number of ether oxygens (including phenoxy) is 1.